The van der Waals surface area contributed by atoms with Gasteiger partial charge in [-0.05, 0) is 67.4 Å². The molecular weight excluding hydrogens is 446 g/mol. The first-order valence-electron chi connectivity index (χ1n) is 12.9. The third kappa shape index (κ3) is 2.34. The van der Waals surface area contributed by atoms with Crippen molar-refractivity contribution < 1.29 is 0 Å². The Balaban J connectivity index is 1.66. The van der Waals surface area contributed by atoms with Crippen LogP contribution >= 0.6 is 0 Å². The summed E-state index contributed by atoms with van der Waals surface area (Å²) < 4.78 is 2.50. The quantitative estimate of drug-likeness (QED) is 0.212. The van der Waals surface area contributed by atoms with E-state index in [-0.39, 0.29) is 0 Å². The first-order valence-corrected chi connectivity index (χ1v) is 12.9. The maximum Gasteiger partial charge on any atom is 0.0626 e. The average Bonchev–Trinajstić information content (AvgIpc) is 3.49. The van der Waals surface area contributed by atoms with E-state index in [1.807, 2.05) is 0 Å². The largest absolute Gasteiger partial charge is 0.309 e. The van der Waals surface area contributed by atoms with Crippen LogP contribution < -0.4 is 0 Å². The van der Waals surface area contributed by atoms with E-state index in [0.717, 1.165) is 0 Å². The summed E-state index contributed by atoms with van der Waals surface area (Å²) in [5.74, 6) is 0. The summed E-state index contributed by atoms with van der Waals surface area (Å²) in [5, 5.41) is 10.6. The van der Waals surface area contributed by atoms with E-state index in [0.29, 0.717) is 0 Å². The Morgan fingerprint density at radius 2 is 0.919 bits per heavy atom. The van der Waals surface area contributed by atoms with E-state index in [1.165, 1.54) is 82.1 Å². The number of hydrogen-bond donors (Lipinski definition) is 0. The second-order valence-corrected chi connectivity index (χ2v) is 10.1. The molecule has 1 aliphatic rings. The SMILES string of the molecule is c1ccc(-n2c3cc4c5c(cccc5c3c3c5ccccc5c5ccccc5c32)-c2ccccc2-4)cc1. The van der Waals surface area contributed by atoms with Crippen molar-refractivity contribution in [3.63, 3.8) is 0 Å². The lowest BCUT2D eigenvalue weighted by molar-refractivity contribution is 1.19. The van der Waals surface area contributed by atoms with Crippen molar-refractivity contribution in [3.05, 3.63) is 127 Å². The average molecular weight is 468 g/mol. The molecule has 1 heteroatoms. The molecule has 8 aromatic rings. The topological polar surface area (TPSA) is 4.93 Å². The van der Waals surface area contributed by atoms with E-state index < -0.39 is 0 Å². The fourth-order valence-corrected chi connectivity index (χ4v) is 6.87. The van der Waals surface area contributed by atoms with Crippen LogP contribution in [0.25, 0.3) is 82.1 Å². The Hall–Kier alpha value is -4.88. The van der Waals surface area contributed by atoms with E-state index in [4.69, 9.17) is 0 Å². The number of nitrogens with zero attached hydrogens (tertiary/aromatic N) is 1. The summed E-state index contributed by atoms with van der Waals surface area (Å²) in [6, 6.07) is 46.8. The standard InChI is InChI=1S/C36H21N/c1-2-11-22(12-3-1)37-32-21-31-26-16-5-4-14-24(26)27-19-10-20-30(33(27)31)34(32)35-28-17-8-6-13-23(28)25-15-7-9-18-29(25)36(35)37/h1-21H. The van der Waals surface area contributed by atoms with Gasteiger partial charge >= 0.3 is 0 Å². The highest BCUT2D eigenvalue weighted by molar-refractivity contribution is 6.38. The predicted octanol–water partition coefficient (Wildman–Crippen LogP) is 9.89. The number of para-hydroxylation sites is 1. The van der Waals surface area contributed by atoms with Crippen molar-refractivity contribution in [3.8, 4) is 27.9 Å². The molecule has 0 aliphatic heterocycles. The fraction of sp³-hybridized carbons (Fsp3) is 0. The molecule has 1 heterocycles. The molecule has 0 amide bonds. The van der Waals surface area contributed by atoms with Gasteiger partial charge in [-0.15, -0.1) is 0 Å². The molecule has 0 saturated carbocycles. The molecule has 37 heavy (non-hydrogen) atoms. The van der Waals surface area contributed by atoms with Gasteiger partial charge in [-0.1, -0.05) is 109 Å². The van der Waals surface area contributed by atoms with E-state index >= 15 is 0 Å². The molecule has 0 bridgehead atoms. The molecular formula is C36H21N. The van der Waals surface area contributed by atoms with Crippen LogP contribution in [0.5, 0.6) is 0 Å². The zero-order valence-electron chi connectivity index (χ0n) is 20.1. The predicted molar refractivity (Wildman–Crippen MR) is 158 cm³/mol. The second-order valence-electron chi connectivity index (χ2n) is 10.1. The summed E-state index contributed by atoms with van der Waals surface area (Å²) in [6.07, 6.45) is 0. The van der Waals surface area contributed by atoms with Crippen LogP contribution in [0.2, 0.25) is 0 Å². The molecule has 170 valence electrons. The van der Waals surface area contributed by atoms with Crippen molar-refractivity contribution in [2.45, 2.75) is 0 Å². The molecule has 9 rings (SSSR count). The highest BCUT2D eigenvalue weighted by Crippen LogP contribution is 2.52. The summed E-state index contributed by atoms with van der Waals surface area (Å²) in [5.41, 5.74) is 9.08. The smallest absolute Gasteiger partial charge is 0.0626 e. The zero-order chi connectivity index (χ0) is 24.1. The molecule has 7 aromatic carbocycles. The van der Waals surface area contributed by atoms with Crippen LogP contribution in [0, 0.1) is 0 Å². The van der Waals surface area contributed by atoms with Crippen molar-refractivity contribution >= 4 is 54.1 Å². The number of hydrogen-bond acceptors (Lipinski definition) is 0. The lowest BCUT2D eigenvalue weighted by Gasteiger charge is -2.12. The number of rotatable bonds is 1. The minimum atomic E-state index is 1.19. The fourth-order valence-electron chi connectivity index (χ4n) is 6.87. The lowest BCUT2D eigenvalue weighted by Crippen LogP contribution is -1.94. The van der Waals surface area contributed by atoms with Crippen LogP contribution in [0.4, 0.5) is 0 Å². The van der Waals surface area contributed by atoms with Crippen LogP contribution in [0.3, 0.4) is 0 Å². The van der Waals surface area contributed by atoms with Crippen LogP contribution in [0.1, 0.15) is 0 Å². The van der Waals surface area contributed by atoms with Gasteiger partial charge in [0.15, 0.2) is 0 Å². The van der Waals surface area contributed by atoms with Crippen molar-refractivity contribution in [1.82, 2.24) is 4.57 Å². The van der Waals surface area contributed by atoms with Crippen molar-refractivity contribution in [2.24, 2.45) is 0 Å². The van der Waals surface area contributed by atoms with E-state index in [9.17, 15) is 0 Å². The van der Waals surface area contributed by atoms with Crippen LogP contribution in [-0.4, -0.2) is 4.57 Å². The Labute approximate surface area is 213 Å². The van der Waals surface area contributed by atoms with Gasteiger partial charge in [0.1, 0.15) is 0 Å². The second kappa shape index (κ2) is 6.87. The van der Waals surface area contributed by atoms with Crippen LogP contribution in [0.15, 0.2) is 127 Å². The maximum atomic E-state index is 2.50. The number of aromatic nitrogens is 1. The molecule has 1 aliphatic carbocycles. The lowest BCUT2D eigenvalue weighted by atomic mass is 9.94. The Morgan fingerprint density at radius 3 is 1.70 bits per heavy atom. The monoisotopic (exact) mass is 467 g/mol. The summed E-state index contributed by atoms with van der Waals surface area (Å²) in [6.45, 7) is 0. The molecule has 0 unspecified atom stereocenters. The van der Waals surface area contributed by atoms with E-state index in [1.54, 1.807) is 0 Å². The first kappa shape index (κ1) is 19.3. The molecule has 0 fully saturated rings. The van der Waals surface area contributed by atoms with Gasteiger partial charge in [0.05, 0.1) is 11.0 Å². The minimum absolute atomic E-state index is 1.19. The van der Waals surface area contributed by atoms with Gasteiger partial charge in [-0.3, -0.25) is 0 Å². The normalized spacial score (nSPS) is 12.3. The summed E-state index contributed by atoms with van der Waals surface area (Å²) >= 11 is 0. The van der Waals surface area contributed by atoms with Crippen LogP contribution in [-0.2, 0) is 0 Å². The molecule has 0 spiro atoms. The first-order chi connectivity index (χ1) is 18.4. The van der Waals surface area contributed by atoms with E-state index in [2.05, 4.69) is 132 Å². The van der Waals surface area contributed by atoms with Gasteiger partial charge in [0.2, 0.25) is 0 Å². The highest BCUT2D eigenvalue weighted by atomic mass is 15.0. The molecule has 0 radical (unpaired) electrons. The van der Waals surface area contributed by atoms with Gasteiger partial charge in [-0.25, -0.2) is 0 Å². The Kier molecular flexibility index (Phi) is 3.59. The summed E-state index contributed by atoms with van der Waals surface area (Å²) in [7, 11) is 0. The highest BCUT2D eigenvalue weighted by Gasteiger charge is 2.26. The third-order valence-corrected chi connectivity index (χ3v) is 8.28. The van der Waals surface area contributed by atoms with Gasteiger partial charge < -0.3 is 4.57 Å². The zero-order valence-corrected chi connectivity index (χ0v) is 20.1. The summed E-state index contributed by atoms with van der Waals surface area (Å²) in [4.78, 5) is 0. The third-order valence-electron chi connectivity index (χ3n) is 8.28. The molecule has 0 saturated heterocycles. The molecule has 1 nitrogen and oxygen atoms in total. The molecule has 0 atom stereocenters. The van der Waals surface area contributed by atoms with Crippen molar-refractivity contribution in [2.75, 3.05) is 0 Å². The van der Waals surface area contributed by atoms with Gasteiger partial charge in [0, 0.05) is 21.8 Å². The van der Waals surface area contributed by atoms with Crippen molar-refractivity contribution in [1.29, 1.82) is 0 Å². The Bertz CT molecular complexity index is 2230. The van der Waals surface area contributed by atoms with Gasteiger partial charge in [-0.2, -0.15) is 0 Å². The molecule has 1 aromatic heterocycles. The maximum absolute atomic E-state index is 2.50. The number of fused-ring (bicyclic) bond motifs is 12. The minimum Gasteiger partial charge on any atom is -0.309 e. The number of benzene rings is 7. The Morgan fingerprint density at radius 1 is 0.351 bits per heavy atom. The molecule has 0 N–H and O–H groups in total. The van der Waals surface area contributed by atoms with Gasteiger partial charge in [0.25, 0.3) is 0 Å².